The number of hydrogen-bond donors (Lipinski definition) is 1. The molecule has 1 aromatic carbocycles. The molecule has 8 nitrogen and oxygen atoms in total. The number of carbonyl (C=O) groups excluding carboxylic acids is 1. The van der Waals surface area contributed by atoms with Crippen LogP contribution in [0.2, 0.25) is 0 Å². The van der Waals surface area contributed by atoms with Crippen LogP contribution in [0.1, 0.15) is 10.4 Å². The molecule has 92 valence electrons. The highest BCUT2D eigenvalue weighted by Crippen LogP contribution is 2.32. The Hall–Kier alpha value is -2.00. The molecule has 0 aliphatic heterocycles. The van der Waals surface area contributed by atoms with Crippen LogP contribution >= 0.6 is 0 Å². The van der Waals surface area contributed by atoms with E-state index < -0.39 is 31.1 Å². The number of nitrogens with two attached hydrogens (primary N) is 1. The van der Waals surface area contributed by atoms with Gasteiger partial charge in [-0.15, -0.1) is 0 Å². The molecular weight excluding hydrogens is 252 g/mol. The van der Waals surface area contributed by atoms with E-state index in [9.17, 15) is 23.3 Å². The molecule has 0 aliphatic carbocycles. The van der Waals surface area contributed by atoms with Gasteiger partial charge >= 0.3 is 5.69 Å². The summed E-state index contributed by atoms with van der Waals surface area (Å²) in [6.07, 6.45) is 0.162. The van der Waals surface area contributed by atoms with Gasteiger partial charge in [0, 0.05) is 6.07 Å². The number of primary sulfonamides is 1. The molecule has 0 amide bonds. The molecule has 0 atom stereocenters. The first kappa shape index (κ1) is 13.1. The van der Waals surface area contributed by atoms with Gasteiger partial charge in [-0.1, -0.05) is 0 Å². The van der Waals surface area contributed by atoms with E-state index in [4.69, 9.17) is 5.14 Å². The zero-order valence-electron chi connectivity index (χ0n) is 8.61. The van der Waals surface area contributed by atoms with Crippen LogP contribution in [0.25, 0.3) is 0 Å². The standard InChI is InChI=1S/C8H8N2O6S/c1-16-7-3-6(17(9,14)15)2-5(4-11)8(7)10(12)13/h2-4H,1H3,(H2,9,14,15). The summed E-state index contributed by atoms with van der Waals surface area (Å²) in [6, 6.07) is 1.71. The van der Waals surface area contributed by atoms with Gasteiger partial charge in [-0.25, -0.2) is 13.6 Å². The Bertz CT molecular complexity index is 580. The van der Waals surface area contributed by atoms with Crippen molar-refractivity contribution in [3.63, 3.8) is 0 Å². The maximum absolute atomic E-state index is 11.1. The third kappa shape index (κ3) is 2.57. The van der Waals surface area contributed by atoms with Crippen LogP contribution in [-0.4, -0.2) is 26.7 Å². The van der Waals surface area contributed by atoms with E-state index in [0.717, 1.165) is 19.2 Å². The van der Waals surface area contributed by atoms with E-state index in [-0.39, 0.29) is 12.0 Å². The SMILES string of the molecule is COc1cc(S(N)(=O)=O)cc(C=O)c1[N+](=O)[O-]. The zero-order valence-corrected chi connectivity index (χ0v) is 9.43. The predicted molar refractivity (Wildman–Crippen MR) is 56.4 cm³/mol. The third-order valence-corrected chi connectivity index (χ3v) is 2.83. The molecule has 1 aromatic rings. The maximum Gasteiger partial charge on any atom is 0.321 e. The molecule has 2 N–H and O–H groups in total. The first-order valence-electron chi connectivity index (χ1n) is 4.15. The smallest absolute Gasteiger partial charge is 0.321 e. The van der Waals surface area contributed by atoms with Gasteiger partial charge in [0.2, 0.25) is 10.0 Å². The maximum atomic E-state index is 11.1. The molecule has 0 spiro atoms. The number of aldehydes is 1. The Morgan fingerprint density at radius 3 is 2.41 bits per heavy atom. The zero-order chi connectivity index (χ0) is 13.2. The Morgan fingerprint density at radius 1 is 1.47 bits per heavy atom. The molecule has 0 aliphatic rings. The van der Waals surface area contributed by atoms with E-state index in [2.05, 4.69) is 4.74 Å². The Balaban J connectivity index is 3.67. The minimum Gasteiger partial charge on any atom is -0.490 e. The molecule has 17 heavy (non-hydrogen) atoms. The molecule has 0 heterocycles. The van der Waals surface area contributed by atoms with Crippen LogP contribution in [0.15, 0.2) is 17.0 Å². The number of sulfonamides is 1. The average molecular weight is 260 g/mol. The number of hydrogen-bond acceptors (Lipinski definition) is 6. The molecule has 1 rings (SSSR count). The summed E-state index contributed by atoms with van der Waals surface area (Å²) < 4.78 is 26.8. The fourth-order valence-corrected chi connectivity index (χ4v) is 1.77. The quantitative estimate of drug-likeness (QED) is 0.463. The summed E-state index contributed by atoms with van der Waals surface area (Å²) in [6.45, 7) is 0. The van der Waals surface area contributed by atoms with Crippen LogP contribution < -0.4 is 9.88 Å². The van der Waals surface area contributed by atoms with E-state index in [1.54, 1.807) is 0 Å². The van der Waals surface area contributed by atoms with Crippen LogP contribution in [0.4, 0.5) is 5.69 Å². The van der Waals surface area contributed by atoms with Crippen molar-refractivity contribution >= 4 is 22.0 Å². The van der Waals surface area contributed by atoms with Crippen molar-refractivity contribution < 1.29 is 22.9 Å². The molecule has 0 saturated carbocycles. The van der Waals surface area contributed by atoms with Gasteiger partial charge in [-0.3, -0.25) is 14.9 Å². The highest BCUT2D eigenvalue weighted by Gasteiger charge is 2.24. The first-order valence-corrected chi connectivity index (χ1v) is 5.70. The Kier molecular flexibility index (Phi) is 3.44. The van der Waals surface area contributed by atoms with Crippen molar-refractivity contribution in [2.75, 3.05) is 7.11 Å². The van der Waals surface area contributed by atoms with Crippen LogP contribution in [0, 0.1) is 10.1 Å². The molecule has 0 aromatic heterocycles. The molecule has 0 saturated heterocycles. The Morgan fingerprint density at radius 2 is 2.06 bits per heavy atom. The Labute approximate surface area is 96.2 Å². The normalized spacial score (nSPS) is 10.9. The van der Waals surface area contributed by atoms with Crippen LogP contribution in [-0.2, 0) is 10.0 Å². The second kappa shape index (κ2) is 4.47. The fraction of sp³-hybridized carbons (Fsp3) is 0.125. The van der Waals surface area contributed by atoms with Crippen molar-refractivity contribution in [2.24, 2.45) is 5.14 Å². The lowest BCUT2D eigenvalue weighted by atomic mass is 10.2. The van der Waals surface area contributed by atoms with E-state index in [1.165, 1.54) is 0 Å². The number of nitrogens with zero attached hydrogens (tertiary/aromatic N) is 1. The summed E-state index contributed by atoms with van der Waals surface area (Å²) in [5, 5.41) is 15.6. The van der Waals surface area contributed by atoms with Crippen molar-refractivity contribution in [2.45, 2.75) is 4.90 Å². The van der Waals surface area contributed by atoms with E-state index in [1.807, 2.05) is 0 Å². The third-order valence-electron chi connectivity index (χ3n) is 1.94. The number of ether oxygens (including phenoxy) is 1. The summed E-state index contributed by atoms with van der Waals surface area (Å²) >= 11 is 0. The molecule has 0 unspecified atom stereocenters. The van der Waals surface area contributed by atoms with Crippen molar-refractivity contribution in [1.29, 1.82) is 0 Å². The van der Waals surface area contributed by atoms with Gasteiger partial charge in [0.1, 0.15) is 0 Å². The van der Waals surface area contributed by atoms with E-state index >= 15 is 0 Å². The largest absolute Gasteiger partial charge is 0.490 e. The number of carbonyl (C=O) groups is 1. The number of nitro groups is 1. The predicted octanol–water partition coefficient (Wildman–Crippen LogP) is 0.0633. The molecule has 9 heteroatoms. The number of rotatable bonds is 4. The molecule has 0 bridgehead atoms. The van der Waals surface area contributed by atoms with Gasteiger partial charge in [0.25, 0.3) is 0 Å². The lowest BCUT2D eigenvalue weighted by Gasteiger charge is -2.06. The summed E-state index contributed by atoms with van der Waals surface area (Å²) in [4.78, 5) is 20.1. The van der Waals surface area contributed by atoms with Crippen molar-refractivity contribution in [1.82, 2.24) is 0 Å². The number of methoxy groups -OCH3 is 1. The average Bonchev–Trinajstić information content (AvgIpc) is 2.25. The highest BCUT2D eigenvalue weighted by molar-refractivity contribution is 7.89. The molecule has 0 radical (unpaired) electrons. The topological polar surface area (TPSA) is 130 Å². The molecule has 0 fully saturated rings. The monoisotopic (exact) mass is 260 g/mol. The van der Waals surface area contributed by atoms with Gasteiger partial charge < -0.3 is 4.74 Å². The van der Waals surface area contributed by atoms with Crippen molar-refractivity contribution in [3.8, 4) is 5.75 Å². The number of nitro benzene ring substituents is 1. The number of benzene rings is 1. The van der Waals surface area contributed by atoms with Gasteiger partial charge in [-0.05, 0) is 6.07 Å². The van der Waals surface area contributed by atoms with Crippen LogP contribution in [0.5, 0.6) is 5.75 Å². The van der Waals surface area contributed by atoms with Gasteiger partial charge in [0.05, 0.1) is 22.5 Å². The van der Waals surface area contributed by atoms with Gasteiger partial charge in [0.15, 0.2) is 12.0 Å². The fourth-order valence-electron chi connectivity index (χ4n) is 1.21. The highest BCUT2D eigenvalue weighted by atomic mass is 32.2. The summed E-state index contributed by atoms with van der Waals surface area (Å²) in [5.41, 5.74) is -1.02. The van der Waals surface area contributed by atoms with Gasteiger partial charge in [-0.2, -0.15) is 0 Å². The minimum absolute atomic E-state index is 0.162. The summed E-state index contributed by atoms with van der Waals surface area (Å²) in [5.74, 6) is -0.344. The molecular formula is C8H8N2O6S. The van der Waals surface area contributed by atoms with E-state index in [0.29, 0.717) is 0 Å². The lowest BCUT2D eigenvalue weighted by molar-refractivity contribution is -0.386. The van der Waals surface area contributed by atoms with Crippen LogP contribution in [0.3, 0.4) is 0 Å². The van der Waals surface area contributed by atoms with Crippen molar-refractivity contribution in [3.05, 3.63) is 27.8 Å². The minimum atomic E-state index is -4.07. The first-order chi connectivity index (χ1) is 7.81. The second-order valence-corrected chi connectivity index (χ2v) is 4.54. The summed E-state index contributed by atoms with van der Waals surface area (Å²) in [7, 11) is -2.96. The lowest BCUT2D eigenvalue weighted by Crippen LogP contribution is -2.13. The second-order valence-electron chi connectivity index (χ2n) is 2.98.